The Morgan fingerprint density at radius 1 is 1.19 bits per heavy atom. The highest BCUT2D eigenvalue weighted by Gasteiger charge is 2.25. The summed E-state index contributed by atoms with van der Waals surface area (Å²) in [4.78, 5) is 4.48. The van der Waals surface area contributed by atoms with E-state index in [9.17, 15) is 0 Å². The molecule has 0 aliphatic carbocycles. The van der Waals surface area contributed by atoms with E-state index in [1.54, 1.807) is 0 Å². The maximum absolute atomic E-state index is 5.91. The molecule has 0 amide bonds. The standard InChI is InChI=1S/C16H23N3.2ClH/c1-12(2)16(3,11-17)19-10-14-7-4-6-13-8-5-9-18-15(13)14;;/h4-9,12,19H,10-11,17H2,1-3H3;2*1H. The number of nitrogens with zero attached hydrogens (tertiary/aromatic N) is 1. The van der Waals surface area contributed by atoms with Gasteiger partial charge in [-0.05, 0) is 24.5 Å². The van der Waals surface area contributed by atoms with Crippen LogP contribution in [0.4, 0.5) is 0 Å². The summed E-state index contributed by atoms with van der Waals surface area (Å²) >= 11 is 0. The van der Waals surface area contributed by atoms with Crippen LogP contribution in [0, 0.1) is 5.92 Å². The molecule has 1 aromatic carbocycles. The molecular formula is C16H25Cl2N3. The molecule has 0 aliphatic heterocycles. The van der Waals surface area contributed by atoms with Crippen LogP contribution in [0.15, 0.2) is 36.5 Å². The molecule has 3 N–H and O–H groups in total. The Morgan fingerprint density at radius 2 is 1.86 bits per heavy atom. The normalized spacial score (nSPS) is 13.4. The summed E-state index contributed by atoms with van der Waals surface area (Å²) in [6, 6.07) is 10.4. The van der Waals surface area contributed by atoms with Crippen LogP contribution in [0.2, 0.25) is 0 Å². The average molecular weight is 330 g/mol. The van der Waals surface area contributed by atoms with Crippen LogP contribution in [0.3, 0.4) is 0 Å². The second-order valence-electron chi connectivity index (χ2n) is 5.62. The largest absolute Gasteiger partial charge is 0.329 e. The predicted octanol–water partition coefficient (Wildman–Crippen LogP) is 3.54. The number of pyridine rings is 1. The lowest BCUT2D eigenvalue weighted by molar-refractivity contribution is 0.267. The van der Waals surface area contributed by atoms with E-state index in [0.717, 1.165) is 12.1 Å². The van der Waals surface area contributed by atoms with Gasteiger partial charge < -0.3 is 11.1 Å². The van der Waals surface area contributed by atoms with Crippen molar-refractivity contribution in [3.05, 3.63) is 42.1 Å². The molecule has 0 spiro atoms. The van der Waals surface area contributed by atoms with Crippen LogP contribution in [0.5, 0.6) is 0 Å². The van der Waals surface area contributed by atoms with Crippen molar-refractivity contribution in [3.63, 3.8) is 0 Å². The molecule has 5 heteroatoms. The van der Waals surface area contributed by atoms with Crippen molar-refractivity contribution in [1.29, 1.82) is 0 Å². The molecule has 1 atom stereocenters. The van der Waals surface area contributed by atoms with Gasteiger partial charge in [0, 0.05) is 30.2 Å². The Kier molecular flexibility index (Phi) is 8.19. The van der Waals surface area contributed by atoms with Crippen molar-refractivity contribution in [3.8, 4) is 0 Å². The third-order valence-electron chi connectivity index (χ3n) is 4.10. The number of benzene rings is 1. The van der Waals surface area contributed by atoms with Gasteiger partial charge >= 0.3 is 0 Å². The van der Waals surface area contributed by atoms with Gasteiger partial charge in [-0.1, -0.05) is 38.1 Å². The first-order valence-electron chi connectivity index (χ1n) is 6.84. The Bertz CT molecular complexity index is 555. The Balaban J connectivity index is 0.00000200. The number of aromatic nitrogens is 1. The van der Waals surface area contributed by atoms with Gasteiger partial charge in [-0.3, -0.25) is 4.98 Å². The molecule has 2 aromatic rings. The number of fused-ring (bicyclic) bond motifs is 1. The lowest BCUT2D eigenvalue weighted by atomic mass is 9.88. The monoisotopic (exact) mass is 329 g/mol. The Hall–Kier alpha value is -0.870. The van der Waals surface area contributed by atoms with Gasteiger partial charge in [0.2, 0.25) is 0 Å². The van der Waals surface area contributed by atoms with Crippen LogP contribution in [-0.2, 0) is 6.54 Å². The minimum absolute atomic E-state index is 0. The summed E-state index contributed by atoms with van der Waals surface area (Å²) in [5, 5.41) is 4.77. The molecule has 3 nitrogen and oxygen atoms in total. The van der Waals surface area contributed by atoms with Crippen molar-refractivity contribution in [2.45, 2.75) is 32.9 Å². The van der Waals surface area contributed by atoms with Crippen molar-refractivity contribution in [2.75, 3.05) is 6.54 Å². The van der Waals surface area contributed by atoms with Crippen molar-refractivity contribution < 1.29 is 0 Å². The molecule has 118 valence electrons. The number of hydrogen-bond acceptors (Lipinski definition) is 3. The fourth-order valence-electron chi connectivity index (χ4n) is 2.12. The van der Waals surface area contributed by atoms with Crippen LogP contribution < -0.4 is 11.1 Å². The molecule has 0 saturated heterocycles. The van der Waals surface area contributed by atoms with E-state index in [-0.39, 0.29) is 30.4 Å². The molecular weight excluding hydrogens is 305 g/mol. The van der Waals surface area contributed by atoms with Crippen molar-refractivity contribution >= 4 is 35.7 Å². The second kappa shape index (κ2) is 8.54. The minimum atomic E-state index is -0.0447. The van der Waals surface area contributed by atoms with E-state index < -0.39 is 0 Å². The Morgan fingerprint density at radius 3 is 2.48 bits per heavy atom. The lowest BCUT2D eigenvalue weighted by Gasteiger charge is -2.34. The number of hydrogen-bond donors (Lipinski definition) is 2. The first kappa shape index (κ1) is 20.1. The quantitative estimate of drug-likeness (QED) is 0.882. The summed E-state index contributed by atoms with van der Waals surface area (Å²) in [7, 11) is 0. The number of nitrogens with one attached hydrogen (secondary N) is 1. The summed E-state index contributed by atoms with van der Waals surface area (Å²) < 4.78 is 0. The second-order valence-corrected chi connectivity index (χ2v) is 5.62. The molecule has 0 aliphatic rings. The predicted molar refractivity (Wildman–Crippen MR) is 95.4 cm³/mol. The Labute approximate surface area is 139 Å². The first-order valence-corrected chi connectivity index (χ1v) is 6.84. The topological polar surface area (TPSA) is 50.9 Å². The van der Waals surface area contributed by atoms with Gasteiger partial charge in [0.1, 0.15) is 0 Å². The van der Waals surface area contributed by atoms with Crippen molar-refractivity contribution in [2.24, 2.45) is 11.7 Å². The number of para-hydroxylation sites is 1. The zero-order valence-electron chi connectivity index (χ0n) is 12.8. The van der Waals surface area contributed by atoms with Crippen LogP contribution in [-0.4, -0.2) is 17.1 Å². The van der Waals surface area contributed by atoms with E-state index in [4.69, 9.17) is 5.73 Å². The van der Waals surface area contributed by atoms with Gasteiger partial charge in [-0.2, -0.15) is 0 Å². The SMILES string of the molecule is CC(C)C(C)(CN)NCc1cccc2cccnc12.Cl.Cl. The smallest absolute Gasteiger partial charge is 0.0746 e. The van der Waals surface area contributed by atoms with Crippen molar-refractivity contribution in [1.82, 2.24) is 10.3 Å². The number of rotatable bonds is 5. The maximum atomic E-state index is 5.91. The number of nitrogens with two attached hydrogens (primary N) is 1. The molecule has 0 saturated carbocycles. The molecule has 0 bridgehead atoms. The van der Waals surface area contributed by atoms with Crippen LogP contribution >= 0.6 is 24.8 Å². The lowest BCUT2D eigenvalue weighted by Crippen LogP contribution is -2.52. The molecule has 1 unspecified atom stereocenters. The van der Waals surface area contributed by atoms with Gasteiger partial charge in [-0.25, -0.2) is 0 Å². The highest BCUT2D eigenvalue weighted by Crippen LogP contribution is 2.19. The fraction of sp³-hybridized carbons (Fsp3) is 0.438. The first-order chi connectivity index (χ1) is 9.07. The minimum Gasteiger partial charge on any atom is -0.329 e. The van der Waals surface area contributed by atoms with Gasteiger partial charge in [0.25, 0.3) is 0 Å². The molecule has 1 heterocycles. The summed E-state index contributed by atoms with van der Waals surface area (Å²) in [5.41, 5.74) is 8.15. The average Bonchev–Trinajstić information content (AvgIpc) is 2.44. The third-order valence-corrected chi connectivity index (χ3v) is 4.10. The summed E-state index contributed by atoms with van der Waals surface area (Å²) in [6.07, 6.45) is 1.84. The van der Waals surface area contributed by atoms with Gasteiger partial charge in [-0.15, -0.1) is 24.8 Å². The third kappa shape index (κ3) is 4.55. The molecule has 21 heavy (non-hydrogen) atoms. The molecule has 1 aromatic heterocycles. The highest BCUT2D eigenvalue weighted by molar-refractivity contribution is 5.85. The summed E-state index contributed by atoms with van der Waals surface area (Å²) in [6.45, 7) is 7.99. The zero-order valence-corrected chi connectivity index (χ0v) is 14.4. The van der Waals surface area contributed by atoms with Crippen LogP contribution in [0.1, 0.15) is 26.3 Å². The van der Waals surface area contributed by atoms with Gasteiger partial charge in [0.05, 0.1) is 5.52 Å². The maximum Gasteiger partial charge on any atom is 0.0746 e. The van der Waals surface area contributed by atoms with Gasteiger partial charge in [0.15, 0.2) is 0 Å². The molecule has 2 rings (SSSR count). The summed E-state index contributed by atoms with van der Waals surface area (Å²) in [5.74, 6) is 0.487. The molecule has 0 radical (unpaired) electrons. The number of halogens is 2. The molecule has 0 fully saturated rings. The van der Waals surface area contributed by atoms with E-state index in [2.05, 4.69) is 55.3 Å². The zero-order chi connectivity index (χ0) is 13.9. The van der Waals surface area contributed by atoms with E-state index in [1.165, 1.54) is 10.9 Å². The van der Waals surface area contributed by atoms with E-state index >= 15 is 0 Å². The van der Waals surface area contributed by atoms with Crippen LogP contribution in [0.25, 0.3) is 10.9 Å². The fourth-order valence-corrected chi connectivity index (χ4v) is 2.12. The van der Waals surface area contributed by atoms with E-state index in [1.807, 2.05) is 12.3 Å². The van der Waals surface area contributed by atoms with E-state index in [0.29, 0.717) is 12.5 Å². The highest BCUT2D eigenvalue weighted by atomic mass is 35.5.